The molecule has 0 spiro atoms. The summed E-state index contributed by atoms with van der Waals surface area (Å²) >= 11 is 0. The van der Waals surface area contributed by atoms with Gasteiger partial charge in [0.15, 0.2) is 0 Å². The summed E-state index contributed by atoms with van der Waals surface area (Å²) in [5, 5.41) is 8.25. The van der Waals surface area contributed by atoms with Crippen LogP contribution in [0.4, 0.5) is 4.79 Å². The van der Waals surface area contributed by atoms with Gasteiger partial charge in [0.05, 0.1) is 0 Å². The first kappa shape index (κ1) is 22.9. The number of rotatable bonds is 14. The molecule has 0 aliphatic rings. The highest BCUT2D eigenvalue weighted by Gasteiger charge is 2.06. The quantitative estimate of drug-likeness (QED) is 0.172. The van der Waals surface area contributed by atoms with Gasteiger partial charge in [0, 0.05) is 6.42 Å². The second kappa shape index (κ2) is 18.2. The van der Waals surface area contributed by atoms with Gasteiger partial charge in [-0.3, -0.25) is 4.79 Å². The lowest BCUT2D eigenvalue weighted by Gasteiger charge is -1.96. The molecule has 0 aliphatic carbocycles. The van der Waals surface area contributed by atoms with Crippen LogP contribution in [0.25, 0.3) is 0 Å². The smallest absolute Gasteiger partial charge is 0.449 e. The van der Waals surface area contributed by atoms with Gasteiger partial charge in [-0.1, -0.05) is 68.4 Å². The van der Waals surface area contributed by atoms with Crippen LogP contribution < -0.4 is 0 Å². The Morgan fingerprint density at radius 1 is 0.760 bits per heavy atom. The minimum absolute atomic E-state index is 0.129. The van der Waals surface area contributed by atoms with E-state index >= 15 is 0 Å². The molecule has 140 valence electrons. The fraction of sp³-hybridized carbons (Fsp3) is 0.524. The molecule has 0 fully saturated rings. The molecule has 4 heteroatoms. The number of carbonyl (C=O) groups excluding carboxylic acids is 1. The van der Waals surface area contributed by atoms with Crippen LogP contribution in [-0.2, 0) is 9.53 Å². The van der Waals surface area contributed by atoms with Gasteiger partial charge in [-0.05, 0) is 44.9 Å². The first-order valence-corrected chi connectivity index (χ1v) is 9.20. The Hall–Kier alpha value is -2.10. The van der Waals surface area contributed by atoms with Crippen LogP contribution >= 0.6 is 0 Å². The van der Waals surface area contributed by atoms with Gasteiger partial charge in [-0.15, -0.1) is 0 Å². The van der Waals surface area contributed by atoms with E-state index in [0.717, 1.165) is 25.7 Å². The third-order valence-corrected chi connectivity index (χ3v) is 3.41. The second-order valence-electron chi connectivity index (χ2n) is 5.72. The molecule has 0 saturated heterocycles. The Morgan fingerprint density at radius 3 is 1.72 bits per heavy atom. The number of carbonyl (C=O) groups is 2. The number of esters is 1. The van der Waals surface area contributed by atoms with Crippen molar-refractivity contribution in [3.05, 3.63) is 48.6 Å². The molecule has 25 heavy (non-hydrogen) atoms. The van der Waals surface area contributed by atoms with Crippen LogP contribution in [0.2, 0.25) is 0 Å². The maximum absolute atomic E-state index is 11.0. The van der Waals surface area contributed by atoms with Crippen LogP contribution in [-0.4, -0.2) is 17.2 Å². The third kappa shape index (κ3) is 19.9. The Kier molecular flexibility index (Phi) is 16.7. The van der Waals surface area contributed by atoms with E-state index in [1.54, 1.807) is 0 Å². The van der Waals surface area contributed by atoms with E-state index in [2.05, 4.69) is 48.1 Å². The molecule has 0 aromatic heterocycles. The van der Waals surface area contributed by atoms with Gasteiger partial charge in [0.25, 0.3) is 0 Å². The highest BCUT2D eigenvalue weighted by Crippen LogP contribution is 2.02. The van der Waals surface area contributed by atoms with Gasteiger partial charge in [0.1, 0.15) is 0 Å². The predicted octanol–water partition coefficient (Wildman–Crippen LogP) is 6.35. The number of hydrogen-bond donors (Lipinski definition) is 1. The van der Waals surface area contributed by atoms with Gasteiger partial charge < -0.3 is 9.84 Å². The monoisotopic (exact) mass is 348 g/mol. The zero-order valence-corrected chi connectivity index (χ0v) is 15.4. The molecule has 0 radical (unpaired) electrons. The van der Waals surface area contributed by atoms with Crippen molar-refractivity contribution in [2.24, 2.45) is 0 Å². The summed E-state index contributed by atoms with van der Waals surface area (Å²) in [4.78, 5) is 21.1. The zero-order chi connectivity index (χ0) is 18.6. The highest BCUT2D eigenvalue weighted by atomic mass is 16.7. The maximum atomic E-state index is 11.0. The molecule has 4 nitrogen and oxygen atoms in total. The lowest BCUT2D eigenvalue weighted by atomic mass is 10.2. The van der Waals surface area contributed by atoms with E-state index in [-0.39, 0.29) is 6.42 Å². The Morgan fingerprint density at radius 2 is 1.24 bits per heavy atom. The van der Waals surface area contributed by atoms with Crippen molar-refractivity contribution in [2.45, 2.75) is 71.1 Å². The standard InChI is InChI=1S/C21H32O4/c1-2-3-4-5-6-7-8-9-10-11-12-13-14-15-16-17-18-19-20(22)25-21(23)24/h6-7,9-10,12-13,15-16H,2-5,8,11,14,17-19H2,1H3,(H,23,24). The SMILES string of the molecule is CCCCCC=CCC=CCC=CCC=CCCCC(=O)OC(=O)O. The summed E-state index contributed by atoms with van der Waals surface area (Å²) in [6.45, 7) is 2.22. The van der Waals surface area contributed by atoms with Gasteiger partial charge in [-0.25, -0.2) is 4.79 Å². The van der Waals surface area contributed by atoms with Crippen LogP contribution in [0.3, 0.4) is 0 Å². The molecule has 0 atom stereocenters. The summed E-state index contributed by atoms with van der Waals surface area (Å²) in [5.74, 6) is -0.691. The number of allylic oxidation sites excluding steroid dienone is 8. The molecule has 0 aromatic rings. The molecular formula is C21H32O4. The summed E-state index contributed by atoms with van der Waals surface area (Å²) in [6, 6.07) is 0. The summed E-state index contributed by atoms with van der Waals surface area (Å²) in [7, 11) is 0. The normalized spacial score (nSPS) is 12.0. The van der Waals surface area contributed by atoms with Crippen LogP contribution in [0.5, 0.6) is 0 Å². The van der Waals surface area contributed by atoms with E-state index in [4.69, 9.17) is 5.11 Å². The lowest BCUT2D eigenvalue weighted by Crippen LogP contribution is -2.09. The topological polar surface area (TPSA) is 63.6 Å². The largest absolute Gasteiger partial charge is 0.513 e. The fourth-order valence-corrected chi connectivity index (χ4v) is 2.07. The molecule has 0 heterocycles. The average molecular weight is 348 g/mol. The maximum Gasteiger partial charge on any atom is 0.513 e. The van der Waals surface area contributed by atoms with Gasteiger partial charge in [0.2, 0.25) is 0 Å². The van der Waals surface area contributed by atoms with Gasteiger partial charge in [-0.2, -0.15) is 0 Å². The van der Waals surface area contributed by atoms with E-state index in [1.807, 2.05) is 12.2 Å². The van der Waals surface area contributed by atoms with Crippen molar-refractivity contribution < 1.29 is 19.4 Å². The molecule has 0 saturated carbocycles. The van der Waals surface area contributed by atoms with E-state index in [1.165, 1.54) is 25.7 Å². The van der Waals surface area contributed by atoms with Crippen LogP contribution in [0.1, 0.15) is 71.1 Å². The van der Waals surface area contributed by atoms with Crippen molar-refractivity contribution in [3.63, 3.8) is 0 Å². The average Bonchev–Trinajstić information content (AvgIpc) is 2.57. The van der Waals surface area contributed by atoms with E-state index < -0.39 is 12.1 Å². The van der Waals surface area contributed by atoms with E-state index in [9.17, 15) is 9.59 Å². The Bertz CT molecular complexity index is 459. The summed E-state index contributed by atoms with van der Waals surface area (Å²) < 4.78 is 4.01. The van der Waals surface area contributed by atoms with Crippen molar-refractivity contribution >= 4 is 12.1 Å². The molecule has 0 unspecified atom stereocenters. The zero-order valence-electron chi connectivity index (χ0n) is 15.4. The molecule has 1 N–H and O–H groups in total. The van der Waals surface area contributed by atoms with Crippen molar-refractivity contribution in [2.75, 3.05) is 0 Å². The third-order valence-electron chi connectivity index (χ3n) is 3.41. The Balaban J connectivity index is 3.49. The van der Waals surface area contributed by atoms with Crippen molar-refractivity contribution in [1.82, 2.24) is 0 Å². The minimum Gasteiger partial charge on any atom is -0.449 e. The first-order chi connectivity index (χ1) is 12.2. The number of unbranched alkanes of at least 4 members (excludes halogenated alkanes) is 4. The molecular weight excluding hydrogens is 316 g/mol. The second-order valence-corrected chi connectivity index (χ2v) is 5.72. The predicted molar refractivity (Wildman–Crippen MR) is 103 cm³/mol. The van der Waals surface area contributed by atoms with E-state index in [0.29, 0.717) is 6.42 Å². The molecule has 0 rings (SSSR count). The molecule has 0 bridgehead atoms. The first-order valence-electron chi connectivity index (χ1n) is 9.20. The van der Waals surface area contributed by atoms with Crippen LogP contribution in [0.15, 0.2) is 48.6 Å². The van der Waals surface area contributed by atoms with Gasteiger partial charge >= 0.3 is 12.1 Å². The fourth-order valence-electron chi connectivity index (χ4n) is 2.07. The summed E-state index contributed by atoms with van der Waals surface area (Å²) in [5.41, 5.74) is 0. The molecule has 0 amide bonds. The lowest BCUT2D eigenvalue weighted by molar-refractivity contribution is -0.139. The number of hydrogen-bond acceptors (Lipinski definition) is 3. The molecule has 0 aliphatic heterocycles. The van der Waals surface area contributed by atoms with Crippen molar-refractivity contribution in [1.29, 1.82) is 0 Å². The summed E-state index contributed by atoms with van der Waals surface area (Å²) in [6.07, 6.45) is 25.0. The number of ether oxygens (including phenoxy) is 1. The van der Waals surface area contributed by atoms with Crippen LogP contribution in [0, 0.1) is 0 Å². The number of carboxylic acid groups (broad SMARTS) is 1. The molecule has 0 aromatic carbocycles. The van der Waals surface area contributed by atoms with Crippen molar-refractivity contribution in [3.8, 4) is 0 Å². The Labute approximate surface area is 152 Å². The minimum atomic E-state index is -1.54. The highest BCUT2D eigenvalue weighted by molar-refractivity contribution is 5.80.